The van der Waals surface area contributed by atoms with E-state index in [2.05, 4.69) is 48.2 Å². The monoisotopic (exact) mass is 378 g/mol. The molecule has 2 unspecified atom stereocenters. The van der Waals surface area contributed by atoms with E-state index in [9.17, 15) is 4.79 Å². The van der Waals surface area contributed by atoms with Gasteiger partial charge in [0.15, 0.2) is 0 Å². The second-order valence-electron chi connectivity index (χ2n) is 10.1. The van der Waals surface area contributed by atoms with Gasteiger partial charge in [0.2, 0.25) is 5.91 Å². The Balaban J connectivity index is 1.53. The summed E-state index contributed by atoms with van der Waals surface area (Å²) in [4.78, 5) is 16.0. The first-order valence-electron chi connectivity index (χ1n) is 11.4. The molecule has 3 nitrogen and oxygen atoms in total. The largest absolute Gasteiger partial charge is 0.341 e. The van der Waals surface area contributed by atoms with Crippen LogP contribution in [0, 0.1) is 17.3 Å². The molecule has 1 aliphatic heterocycles. The number of hydrogen-bond donors (Lipinski definition) is 1. The molecule has 3 atom stereocenters. The van der Waals surface area contributed by atoms with Crippen molar-refractivity contribution < 1.29 is 4.79 Å². The molecule has 4 aliphatic carbocycles. The molecule has 5 aliphatic rings. The van der Waals surface area contributed by atoms with Gasteiger partial charge in [0.05, 0.1) is 5.41 Å². The maximum Gasteiger partial charge on any atom is 0.228 e. The molecule has 6 rings (SSSR count). The minimum Gasteiger partial charge on any atom is -0.341 e. The van der Waals surface area contributed by atoms with Gasteiger partial charge in [0.25, 0.3) is 0 Å². The zero-order valence-electron chi connectivity index (χ0n) is 17.2. The predicted octanol–water partition coefficient (Wildman–Crippen LogP) is 4.42. The van der Waals surface area contributed by atoms with Crippen LogP contribution in [0.5, 0.6) is 0 Å². The number of piperidine rings is 1. The molecule has 5 fully saturated rings. The van der Waals surface area contributed by atoms with Crippen molar-refractivity contribution in [3.05, 3.63) is 47.5 Å². The Labute approximate surface area is 169 Å². The summed E-state index contributed by atoms with van der Waals surface area (Å²) in [7, 11) is 0. The van der Waals surface area contributed by atoms with Crippen molar-refractivity contribution in [2.75, 3.05) is 13.1 Å². The normalized spacial score (nSPS) is 39.3. The summed E-state index contributed by atoms with van der Waals surface area (Å²) >= 11 is 0. The fourth-order valence-electron chi connectivity index (χ4n) is 7.42. The van der Waals surface area contributed by atoms with Gasteiger partial charge < -0.3 is 10.6 Å². The lowest BCUT2D eigenvalue weighted by molar-refractivity contribution is -0.156. The molecule has 1 amide bonds. The van der Waals surface area contributed by atoms with E-state index in [1.165, 1.54) is 18.4 Å². The molecule has 4 bridgehead atoms. The molecule has 150 valence electrons. The molecule has 0 spiro atoms. The van der Waals surface area contributed by atoms with Crippen LogP contribution in [0.3, 0.4) is 0 Å². The van der Waals surface area contributed by atoms with Crippen molar-refractivity contribution in [2.45, 2.75) is 69.7 Å². The van der Waals surface area contributed by atoms with Crippen LogP contribution in [0.2, 0.25) is 0 Å². The highest BCUT2D eigenvalue weighted by Crippen LogP contribution is 2.67. The fourth-order valence-corrected chi connectivity index (χ4v) is 7.42. The summed E-state index contributed by atoms with van der Waals surface area (Å²) < 4.78 is 0. The van der Waals surface area contributed by atoms with Crippen LogP contribution in [0.4, 0.5) is 0 Å². The van der Waals surface area contributed by atoms with Crippen molar-refractivity contribution in [3.63, 3.8) is 0 Å². The number of benzene rings is 1. The number of likely N-dealkylation sites (tertiary alicyclic amines) is 1. The van der Waals surface area contributed by atoms with Gasteiger partial charge in [0, 0.05) is 19.1 Å². The molecule has 2 N–H and O–H groups in total. The Hall–Kier alpha value is -1.61. The first kappa shape index (κ1) is 18.4. The molecule has 1 aromatic carbocycles. The van der Waals surface area contributed by atoms with Gasteiger partial charge in [-0.05, 0) is 74.2 Å². The highest BCUT2D eigenvalue weighted by atomic mass is 16.2. The van der Waals surface area contributed by atoms with Crippen LogP contribution in [0.1, 0.15) is 63.9 Å². The van der Waals surface area contributed by atoms with Crippen LogP contribution in [-0.4, -0.2) is 29.9 Å². The molecule has 1 saturated heterocycles. The van der Waals surface area contributed by atoms with E-state index in [-0.39, 0.29) is 16.9 Å². The lowest BCUT2D eigenvalue weighted by Crippen LogP contribution is -2.61. The summed E-state index contributed by atoms with van der Waals surface area (Å²) in [6.45, 7) is 3.91. The highest BCUT2D eigenvalue weighted by molar-refractivity contribution is 5.84. The number of nitrogens with two attached hydrogens (primary N) is 1. The van der Waals surface area contributed by atoms with E-state index in [0.717, 1.165) is 51.6 Å². The number of carbonyl (C=O) groups excluding carboxylic acids is 1. The first-order chi connectivity index (χ1) is 13.6. The molecule has 1 heterocycles. The molecule has 0 radical (unpaired) electrons. The van der Waals surface area contributed by atoms with Gasteiger partial charge in [-0.15, -0.1) is 0 Å². The molecule has 1 aromatic rings. The second-order valence-corrected chi connectivity index (χ2v) is 10.1. The molecule has 0 aromatic heterocycles. The quantitative estimate of drug-likeness (QED) is 0.792. The average molecular weight is 379 g/mol. The Bertz CT molecular complexity index is 765. The number of amides is 1. The zero-order chi connectivity index (χ0) is 19.4. The summed E-state index contributed by atoms with van der Waals surface area (Å²) in [5.74, 6) is 1.60. The summed E-state index contributed by atoms with van der Waals surface area (Å²) in [6.07, 6.45) is 11.3. The third kappa shape index (κ3) is 2.77. The van der Waals surface area contributed by atoms with E-state index in [1.807, 2.05) is 0 Å². The van der Waals surface area contributed by atoms with E-state index >= 15 is 0 Å². The lowest BCUT2D eigenvalue weighted by Gasteiger charge is -2.63. The summed E-state index contributed by atoms with van der Waals surface area (Å²) in [6, 6.07) is 11.2. The van der Waals surface area contributed by atoms with Gasteiger partial charge in [-0.2, -0.15) is 0 Å². The van der Waals surface area contributed by atoms with Gasteiger partial charge in [-0.25, -0.2) is 0 Å². The Kier molecular flexibility index (Phi) is 4.42. The Morgan fingerprint density at radius 2 is 1.89 bits per heavy atom. The number of hydrogen-bond acceptors (Lipinski definition) is 2. The zero-order valence-corrected chi connectivity index (χ0v) is 17.2. The van der Waals surface area contributed by atoms with Crippen LogP contribution in [0.15, 0.2) is 42.0 Å². The summed E-state index contributed by atoms with van der Waals surface area (Å²) in [5, 5.41) is 0. The van der Waals surface area contributed by atoms with Crippen LogP contribution >= 0.6 is 0 Å². The number of allylic oxidation sites excluding steroid dienone is 2. The number of nitrogens with zero attached hydrogens (tertiary/aromatic N) is 1. The van der Waals surface area contributed by atoms with Crippen LogP contribution in [-0.2, 0) is 10.2 Å². The van der Waals surface area contributed by atoms with Crippen molar-refractivity contribution in [3.8, 4) is 0 Å². The Morgan fingerprint density at radius 1 is 1.18 bits per heavy atom. The summed E-state index contributed by atoms with van der Waals surface area (Å²) in [5.41, 5.74) is 9.39. The number of rotatable bonds is 3. The minimum absolute atomic E-state index is 0.158. The number of carbonyl (C=O) groups is 1. The molecular weight excluding hydrogens is 344 g/mol. The van der Waals surface area contributed by atoms with Crippen LogP contribution < -0.4 is 5.73 Å². The van der Waals surface area contributed by atoms with Gasteiger partial charge in [0.1, 0.15) is 0 Å². The predicted molar refractivity (Wildman–Crippen MR) is 113 cm³/mol. The smallest absolute Gasteiger partial charge is 0.228 e. The van der Waals surface area contributed by atoms with E-state index in [4.69, 9.17) is 5.73 Å². The standard InChI is InChI=1S/C25H34N2O/c1-2-7-22-18-12-24(20-8-4-3-5-9-20)13-19(22)15-25(14-18,17-24)23(28)27-11-6-10-21(26)16-27/h3-5,7-9,18-19,21H,2,6,10-17,26H2,1H3/t18?,19?,21-,24?,25?/m1/s1. The first-order valence-corrected chi connectivity index (χ1v) is 11.4. The third-order valence-corrected chi connectivity index (χ3v) is 8.19. The molecule has 4 saturated carbocycles. The van der Waals surface area contributed by atoms with Crippen molar-refractivity contribution in [1.82, 2.24) is 4.90 Å². The maximum absolute atomic E-state index is 13.9. The van der Waals surface area contributed by atoms with E-state index in [0.29, 0.717) is 17.7 Å². The van der Waals surface area contributed by atoms with Gasteiger partial charge in [-0.3, -0.25) is 4.79 Å². The lowest BCUT2D eigenvalue weighted by atomic mass is 9.41. The average Bonchev–Trinajstić information content (AvgIpc) is 2.70. The third-order valence-electron chi connectivity index (χ3n) is 8.19. The van der Waals surface area contributed by atoms with Gasteiger partial charge in [-0.1, -0.05) is 48.9 Å². The Morgan fingerprint density at radius 3 is 2.54 bits per heavy atom. The van der Waals surface area contributed by atoms with Crippen LogP contribution in [0.25, 0.3) is 0 Å². The highest BCUT2D eigenvalue weighted by Gasteiger charge is 2.63. The molecule has 28 heavy (non-hydrogen) atoms. The van der Waals surface area contributed by atoms with Gasteiger partial charge >= 0.3 is 0 Å². The van der Waals surface area contributed by atoms with E-state index in [1.54, 1.807) is 5.57 Å². The SMILES string of the molecule is CCC=C1C2CC3(C(=O)N4CCC[C@@H](N)C4)CC1CC(c1ccccc1)(C2)C3. The minimum atomic E-state index is -0.163. The molecule has 3 heteroatoms. The van der Waals surface area contributed by atoms with Crippen molar-refractivity contribution >= 4 is 5.91 Å². The second kappa shape index (κ2) is 6.73. The fraction of sp³-hybridized carbons (Fsp3) is 0.640. The van der Waals surface area contributed by atoms with Crippen molar-refractivity contribution in [2.24, 2.45) is 23.0 Å². The van der Waals surface area contributed by atoms with E-state index < -0.39 is 0 Å². The molecular formula is C25H34N2O. The topological polar surface area (TPSA) is 46.3 Å². The van der Waals surface area contributed by atoms with Crippen molar-refractivity contribution in [1.29, 1.82) is 0 Å². The maximum atomic E-state index is 13.9.